The van der Waals surface area contributed by atoms with Gasteiger partial charge >= 0.3 is 0 Å². The fourth-order valence-electron chi connectivity index (χ4n) is 2.58. The number of ether oxygens (including phenoxy) is 2. The Morgan fingerprint density at radius 2 is 1.96 bits per heavy atom. The van der Waals surface area contributed by atoms with E-state index in [4.69, 9.17) is 9.47 Å². The van der Waals surface area contributed by atoms with Crippen molar-refractivity contribution in [1.82, 2.24) is 5.32 Å². The number of nitro benzene ring substituents is 1. The highest BCUT2D eigenvalue weighted by molar-refractivity contribution is 5.41. The van der Waals surface area contributed by atoms with Crippen LogP contribution in [0.2, 0.25) is 0 Å². The molecule has 6 nitrogen and oxygen atoms in total. The first-order valence-corrected chi connectivity index (χ1v) is 7.77. The molecule has 6 heteroatoms. The summed E-state index contributed by atoms with van der Waals surface area (Å²) in [6, 6.07) is 12.4. The molecule has 0 saturated heterocycles. The van der Waals surface area contributed by atoms with Crippen LogP contribution in [0, 0.1) is 10.1 Å². The van der Waals surface area contributed by atoms with Crippen molar-refractivity contribution >= 4 is 5.69 Å². The van der Waals surface area contributed by atoms with Gasteiger partial charge in [0.15, 0.2) is 0 Å². The van der Waals surface area contributed by atoms with Gasteiger partial charge in [0.25, 0.3) is 5.69 Å². The molecule has 0 aromatic heterocycles. The van der Waals surface area contributed by atoms with E-state index in [1.165, 1.54) is 6.07 Å². The quantitative estimate of drug-likeness (QED) is 0.588. The van der Waals surface area contributed by atoms with Gasteiger partial charge in [-0.15, -0.1) is 0 Å². The van der Waals surface area contributed by atoms with Gasteiger partial charge in [-0.2, -0.15) is 0 Å². The van der Waals surface area contributed by atoms with E-state index < -0.39 is 0 Å². The van der Waals surface area contributed by atoms with Crippen molar-refractivity contribution < 1.29 is 14.4 Å². The van der Waals surface area contributed by atoms with Crippen LogP contribution >= 0.6 is 0 Å². The Hall–Kier alpha value is -2.60. The average Bonchev–Trinajstić information content (AvgIpc) is 2.62. The molecule has 2 aromatic carbocycles. The molecule has 0 aliphatic carbocycles. The Bertz CT molecular complexity index is 703. The highest BCUT2D eigenvalue weighted by Crippen LogP contribution is 2.26. The van der Waals surface area contributed by atoms with Crippen LogP contribution in [-0.4, -0.2) is 19.1 Å². The van der Waals surface area contributed by atoms with E-state index in [0.717, 1.165) is 29.0 Å². The predicted molar refractivity (Wildman–Crippen MR) is 92.5 cm³/mol. The first-order valence-electron chi connectivity index (χ1n) is 7.77. The molecular weight excluding hydrogens is 308 g/mol. The predicted octanol–water partition coefficient (Wildman–Crippen LogP) is 3.85. The van der Waals surface area contributed by atoms with Gasteiger partial charge in [-0.25, -0.2) is 0 Å². The van der Waals surface area contributed by atoms with Crippen molar-refractivity contribution in [2.75, 3.05) is 14.2 Å². The lowest BCUT2D eigenvalue weighted by Crippen LogP contribution is -2.20. The molecule has 128 valence electrons. The van der Waals surface area contributed by atoms with Crippen LogP contribution in [0.3, 0.4) is 0 Å². The lowest BCUT2D eigenvalue weighted by molar-refractivity contribution is -0.384. The molecule has 1 N–H and O–H groups in total. The lowest BCUT2D eigenvalue weighted by Gasteiger charge is -2.18. The first kappa shape index (κ1) is 17.7. The second-order valence-electron chi connectivity index (χ2n) is 5.37. The molecule has 0 heterocycles. The summed E-state index contributed by atoms with van der Waals surface area (Å²) in [6.07, 6.45) is 0.819. The maximum atomic E-state index is 10.9. The van der Waals surface area contributed by atoms with Crippen LogP contribution in [-0.2, 0) is 6.54 Å². The minimum atomic E-state index is -0.372. The van der Waals surface area contributed by atoms with Crippen molar-refractivity contribution in [3.05, 3.63) is 63.7 Å². The Morgan fingerprint density at radius 3 is 2.58 bits per heavy atom. The number of methoxy groups -OCH3 is 2. The highest BCUT2D eigenvalue weighted by atomic mass is 16.6. The zero-order valence-electron chi connectivity index (χ0n) is 14.1. The summed E-state index contributed by atoms with van der Waals surface area (Å²) in [4.78, 5) is 10.6. The van der Waals surface area contributed by atoms with Crippen molar-refractivity contribution in [3.8, 4) is 11.5 Å². The molecule has 1 unspecified atom stereocenters. The fraction of sp³-hybridized carbons (Fsp3) is 0.333. The van der Waals surface area contributed by atoms with Crippen molar-refractivity contribution in [2.24, 2.45) is 0 Å². The molecular formula is C18H22N2O4. The molecule has 24 heavy (non-hydrogen) atoms. The van der Waals surface area contributed by atoms with E-state index >= 15 is 0 Å². The number of nitrogens with one attached hydrogen (secondary N) is 1. The fourth-order valence-corrected chi connectivity index (χ4v) is 2.58. The van der Waals surface area contributed by atoms with Gasteiger partial charge in [0.05, 0.1) is 19.1 Å². The van der Waals surface area contributed by atoms with Gasteiger partial charge in [-0.05, 0) is 18.1 Å². The monoisotopic (exact) mass is 330 g/mol. The molecule has 1 atom stereocenters. The average molecular weight is 330 g/mol. The summed E-state index contributed by atoms with van der Waals surface area (Å²) in [6.45, 7) is 2.64. The smallest absolute Gasteiger partial charge is 0.269 e. The van der Waals surface area contributed by atoms with Gasteiger partial charge < -0.3 is 14.8 Å². The topological polar surface area (TPSA) is 73.6 Å². The van der Waals surface area contributed by atoms with Crippen molar-refractivity contribution in [3.63, 3.8) is 0 Å². The highest BCUT2D eigenvalue weighted by Gasteiger charge is 2.14. The van der Waals surface area contributed by atoms with E-state index in [9.17, 15) is 10.1 Å². The number of nitrogens with zero attached hydrogens (tertiary/aromatic N) is 1. The van der Waals surface area contributed by atoms with Crippen LogP contribution in [0.1, 0.15) is 30.5 Å². The van der Waals surface area contributed by atoms with Crippen LogP contribution < -0.4 is 14.8 Å². The van der Waals surface area contributed by atoms with E-state index in [1.54, 1.807) is 26.4 Å². The van der Waals surface area contributed by atoms with E-state index in [0.29, 0.717) is 6.54 Å². The second kappa shape index (κ2) is 8.31. The van der Waals surface area contributed by atoms with Gasteiger partial charge in [0.1, 0.15) is 11.5 Å². The Labute approximate surface area is 141 Å². The maximum absolute atomic E-state index is 10.9. The molecule has 0 radical (unpaired) electrons. The van der Waals surface area contributed by atoms with Crippen LogP contribution in [0.5, 0.6) is 11.5 Å². The first-order chi connectivity index (χ1) is 11.6. The van der Waals surface area contributed by atoms with Crippen LogP contribution in [0.4, 0.5) is 5.69 Å². The standard InChI is InChI=1S/C18H22N2O4/c1-4-17(13-6-5-7-15(10-13)20(21)22)19-12-14-8-9-16(23-2)11-18(14)24-3/h5-11,17,19H,4,12H2,1-3H3. The number of non-ortho nitro benzene ring substituents is 1. The van der Waals surface area contributed by atoms with Crippen LogP contribution in [0.25, 0.3) is 0 Å². The summed E-state index contributed by atoms with van der Waals surface area (Å²) < 4.78 is 10.6. The normalized spacial score (nSPS) is 11.8. The third kappa shape index (κ3) is 4.23. The third-order valence-electron chi connectivity index (χ3n) is 3.92. The van der Waals surface area contributed by atoms with E-state index in [1.807, 2.05) is 31.2 Å². The Morgan fingerprint density at radius 1 is 1.17 bits per heavy atom. The number of hydrogen-bond donors (Lipinski definition) is 1. The van der Waals surface area contributed by atoms with Crippen molar-refractivity contribution in [1.29, 1.82) is 0 Å². The van der Waals surface area contributed by atoms with E-state index in [2.05, 4.69) is 5.32 Å². The molecule has 0 spiro atoms. The van der Waals surface area contributed by atoms with Crippen molar-refractivity contribution in [2.45, 2.75) is 25.9 Å². The number of rotatable bonds is 8. The minimum absolute atomic E-state index is 0.0247. The number of nitro groups is 1. The molecule has 2 rings (SSSR count). The summed E-state index contributed by atoms with van der Waals surface area (Å²) in [5.41, 5.74) is 2.01. The zero-order valence-corrected chi connectivity index (χ0v) is 14.1. The Balaban J connectivity index is 2.14. The number of benzene rings is 2. The molecule has 0 bridgehead atoms. The molecule has 2 aromatic rings. The molecule has 0 amide bonds. The zero-order chi connectivity index (χ0) is 17.5. The van der Waals surface area contributed by atoms with Gasteiger partial charge in [0, 0.05) is 36.3 Å². The summed E-state index contributed by atoms with van der Waals surface area (Å²) in [5.74, 6) is 1.48. The third-order valence-corrected chi connectivity index (χ3v) is 3.92. The van der Waals surface area contributed by atoms with Gasteiger partial charge in [-0.1, -0.05) is 25.1 Å². The summed E-state index contributed by atoms with van der Waals surface area (Å²) in [7, 11) is 3.23. The molecule has 0 saturated carbocycles. The largest absolute Gasteiger partial charge is 0.497 e. The number of hydrogen-bond acceptors (Lipinski definition) is 5. The van der Waals surface area contributed by atoms with Gasteiger partial charge in [-0.3, -0.25) is 10.1 Å². The second-order valence-corrected chi connectivity index (χ2v) is 5.37. The van der Waals surface area contributed by atoms with Gasteiger partial charge in [0.2, 0.25) is 0 Å². The summed E-state index contributed by atoms with van der Waals surface area (Å²) >= 11 is 0. The summed E-state index contributed by atoms with van der Waals surface area (Å²) in [5, 5.41) is 14.4. The molecule has 0 aliphatic heterocycles. The SMILES string of the molecule is CCC(NCc1ccc(OC)cc1OC)c1cccc([N+](=O)[O-])c1. The lowest BCUT2D eigenvalue weighted by atomic mass is 10.0. The minimum Gasteiger partial charge on any atom is -0.497 e. The van der Waals surface area contributed by atoms with Crippen LogP contribution in [0.15, 0.2) is 42.5 Å². The molecule has 0 aliphatic rings. The molecule has 0 fully saturated rings. The van der Waals surface area contributed by atoms with E-state index in [-0.39, 0.29) is 16.7 Å². The Kier molecular flexibility index (Phi) is 6.14. The maximum Gasteiger partial charge on any atom is 0.269 e.